The summed E-state index contributed by atoms with van der Waals surface area (Å²) in [6.07, 6.45) is 0. The summed E-state index contributed by atoms with van der Waals surface area (Å²) in [7, 11) is 0. The van der Waals surface area contributed by atoms with E-state index >= 15 is 0 Å². The SMILES string of the molecule is CC(=O)/C(=N/Nc1ccc([N+](=O)[O-])cc1)Sc1nc2ccccc2s1. The molecule has 9 heteroatoms. The number of thiazole rings is 1. The van der Waals surface area contributed by atoms with Gasteiger partial charge in [0.15, 0.2) is 15.2 Å². The highest BCUT2D eigenvalue weighted by Gasteiger charge is 2.13. The van der Waals surface area contributed by atoms with E-state index in [9.17, 15) is 14.9 Å². The van der Waals surface area contributed by atoms with Gasteiger partial charge in [-0.15, -0.1) is 11.3 Å². The highest BCUT2D eigenvalue weighted by molar-refractivity contribution is 8.17. The normalized spacial score (nSPS) is 11.5. The molecule has 1 N–H and O–H groups in total. The zero-order valence-corrected chi connectivity index (χ0v) is 14.6. The van der Waals surface area contributed by atoms with Crippen LogP contribution < -0.4 is 5.43 Å². The van der Waals surface area contributed by atoms with Gasteiger partial charge in [-0.25, -0.2) is 4.98 Å². The van der Waals surface area contributed by atoms with E-state index in [1.807, 2.05) is 24.3 Å². The minimum Gasteiger partial charge on any atom is -0.292 e. The zero-order chi connectivity index (χ0) is 17.8. The summed E-state index contributed by atoms with van der Waals surface area (Å²) in [5, 5.41) is 15.0. The first-order valence-electron chi connectivity index (χ1n) is 7.15. The molecule has 0 fully saturated rings. The number of Topliss-reactive ketones (excluding diaryl/α,β-unsaturated/α-hetero) is 1. The average Bonchev–Trinajstić information content (AvgIpc) is 3.01. The fraction of sp³-hybridized carbons (Fsp3) is 0.0625. The number of benzene rings is 2. The van der Waals surface area contributed by atoms with Gasteiger partial charge >= 0.3 is 0 Å². The van der Waals surface area contributed by atoms with Crippen molar-refractivity contribution in [2.45, 2.75) is 11.3 Å². The minimum atomic E-state index is -0.475. The van der Waals surface area contributed by atoms with E-state index in [0.29, 0.717) is 5.69 Å². The van der Waals surface area contributed by atoms with E-state index in [1.165, 1.54) is 54.3 Å². The van der Waals surface area contributed by atoms with E-state index in [0.717, 1.165) is 14.6 Å². The molecule has 126 valence electrons. The van der Waals surface area contributed by atoms with Crippen molar-refractivity contribution in [3.63, 3.8) is 0 Å². The number of hydrogen-bond acceptors (Lipinski definition) is 8. The summed E-state index contributed by atoms with van der Waals surface area (Å²) < 4.78 is 1.76. The molecule has 0 bridgehead atoms. The number of nitrogens with one attached hydrogen (secondary N) is 1. The van der Waals surface area contributed by atoms with Crippen LogP contribution in [0.1, 0.15) is 6.92 Å². The Morgan fingerprint density at radius 1 is 1.24 bits per heavy atom. The van der Waals surface area contributed by atoms with Crippen molar-refractivity contribution in [3.05, 3.63) is 58.6 Å². The van der Waals surface area contributed by atoms with Crippen molar-refractivity contribution in [1.29, 1.82) is 0 Å². The van der Waals surface area contributed by atoms with Gasteiger partial charge in [0.05, 0.1) is 20.8 Å². The van der Waals surface area contributed by atoms with Gasteiger partial charge in [0, 0.05) is 19.1 Å². The molecule has 0 aliphatic carbocycles. The molecule has 0 radical (unpaired) electrons. The van der Waals surface area contributed by atoms with Crippen LogP contribution in [-0.2, 0) is 4.79 Å². The number of anilines is 1. The fourth-order valence-corrected chi connectivity index (χ4v) is 3.84. The number of aromatic nitrogens is 1. The molecule has 0 amide bonds. The molecule has 0 unspecified atom stereocenters. The standard InChI is InChI=1S/C16H12N4O3S2/c1-10(21)15(19-18-11-6-8-12(9-7-11)20(22)23)25-16-17-13-4-2-3-5-14(13)24-16/h2-9,18H,1H3/b19-15-. The van der Waals surface area contributed by atoms with Gasteiger partial charge in [0.25, 0.3) is 5.69 Å². The maximum atomic E-state index is 11.8. The summed E-state index contributed by atoms with van der Waals surface area (Å²) in [6, 6.07) is 13.5. The highest BCUT2D eigenvalue weighted by atomic mass is 32.2. The average molecular weight is 372 g/mol. The van der Waals surface area contributed by atoms with Crippen molar-refractivity contribution in [2.24, 2.45) is 5.10 Å². The second-order valence-electron chi connectivity index (χ2n) is 4.94. The fourth-order valence-electron chi connectivity index (χ4n) is 1.92. The van der Waals surface area contributed by atoms with Gasteiger partial charge in [0.1, 0.15) is 0 Å². The van der Waals surface area contributed by atoms with Crippen LogP contribution >= 0.6 is 23.1 Å². The monoisotopic (exact) mass is 372 g/mol. The Kier molecular flexibility index (Phi) is 5.05. The predicted molar refractivity (Wildman–Crippen MR) is 100 cm³/mol. The van der Waals surface area contributed by atoms with Crippen molar-refractivity contribution in [2.75, 3.05) is 5.43 Å². The van der Waals surface area contributed by atoms with Gasteiger partial charge < -0.3 is 0 Å². The molecule has 0 spiro atoms. The van der Waals surface area contributed by atoms with Gasteiger partial charge in [-0.05, 0) is 36.0 Å². The van der Waals surface area contributed by atoms with Crippen LogP contribution in [0.25, 0.3) is 10.2 Å². The second-order valence-corrected chi connectivity index (χ2v) is 7.21. The summed E-state index contributed by atoms with van der Waals surface area (Å²) in [5.74, 6) is -0.196. The molecule has 0 atom stereocenters. The van der Waals surface area contributed by atoms with Crippen LogP contribution in [0.2, 0.25) is 0 Å². The molecule has 0 saturated heterocycles. The highest BCUT2D eigenvalue weighted by Crippen LogP contribution is 2.30. The molecule has 2 aromatic carbocycles. The van der Waals surface area contributed by atoms with E-state index in [-0.39, 0.29) is 16.5 Å². The Labute approximate surface area is 150 Å². The lowest BCUT2D eigenvalue weighted by molar-refractivity contribution is -0.384. The number of hydrogen-bond donors (Lipinski definition) is 1. The van der Waals surface area contributed by atoms with Gasteiger partial charge in [-0.2, -0.15) is 5.10 Å². The molecule has 3 aromatic rings. The first-order chi connectivity index (χ1) is 12.0. The molecule has 0 saturated carbocycles. The first-order valence-corrected chi connectivity index (χ1v) is 8.79. The Hall–Kier alpha value is -2.78. The van der Waals surface area contributed by atoms with Crippen molar-refractivity contribution >= 4 is 55.5 Å². The lowest BCUT2D eigenvalue weighted by Crippen LogP contribution is -2.08. The van der Waals surface area contributed by atoms with Crippen molar-refractivity contribution < 1.29 is 9.72 Å². The van der Waals surface area contributed by atoms with Crippen LogP contribution in [0.15, 0.2) is 58.0 Å². The van der Waals surface area contributed by atoms with Gasteiger partial charge in [-0.1, -0.05) is 12.1 Å². The Bertz CT molecular complexity index is 934. The number of nitro benzene ring substituents is 1. The third kappa shape index (κ3) is 4.20. The quantitative estimate of drug-likeness (QED) is 0.236. The lowest BCUT2D eigenvalue weighted by Gasteiger charge is -2.03. The molecule has 3 rings (SSSR count). The van der Waals surface area contributed by atoms with E-state index in [1.54, 1.807) is 0 Å². The predicted octanol–water partition coefficient (Wildman–Crippen LogP) is 4.31. The summed E-state index contributed by atoms with van der Waals surface area (Å²) >= 11 is 2.67. The summed E-state index contributed by atoms with van der Waals surface area (Å²) in [6.45, 7) is 1.43. The molecule has 1 heterocycles. The molecule has 1 aromatic heterocycles. The topological polar surface area (TPSA) is 97.5 Å². The number of non-ortho nitro benzene ring substituents is 1. The molecule has 25 heavy (non-hydrogen) atoms. The largest absolute Gasteiger partial charge is 0.292 e. The third-order valence-electron chi connectivity index (χ3n) is 3.12. The zero-order valence-electron chi connectivity index (χ0n) is 13.0. The molecule has 0 aliphatic heterocycles. The van der Waals surface area contributed by atoms with Crippen LogP contribution in [-0.4, -0.2) is 20.7 Å². The van der Waals surface area contributed by atoms with Crippen LogP contribution in [0.3, 0.4) is 0 Å². The van der Waals surface area contributed by atoms with E-state index < -0.39 is 4.92 Å². The summed E-state index contributed by atoms with van der Waals surface area (Å²) in [4.78, 5) is 26.5. The van der Waals surface area contributed by atoms with Gasteiger partial charge in [-0.3, -0.25) is 20.3 Å². The number of rotatable bonds is 5. The molecular weight excluding hydrogens is 360 g/mol. The van der Waals surface area contributed by atoms with Crippen molar-refractivity contribution in [1.82, 2.24) is 4.98 Å². The minimum absolute atomic E-state index is 0.00910. The van der Waals surface area contributed by atoms with E-state index in [4.69, 9.17) is 0 Å². The first kappa shape index (κ1) is 17.1. The Balaban J connectivity index is 1.77. The number of fused-ring (bicyclic) bond motifs is 1. The number of hydrazone groups is 1. The molecule has 7 nitrogen and oxygen atoms in total. The molecule has 0 aliphatic rings. The van der Waals surface area contributed by atoms with Crippen LogP contribution in [0.4, 0.5) is 11.4 Å². The number of nitrogens with zero attached hydrogens (tertiary/aromatic N) is 3. The van der Waals surface area contributed by atoms with Crippen LogP contribution in [0.5, 0.6) is 0 Å². The number of para-hydroxylation sites is 1. The molecular formula is C16H12N4O3S2. The maximum Gasteiger partial charge on any atom is 0.269 e. The number of carbonyl (C=O) groups is 1. The van der Waals surface area contributed by atoms with E-state index in [2.05, 4.69) is 15.5 Å². The van der Waals surface area contributed by atoms with Gasteiger partial charge in [0.2, 0.25) is 0 Å². The van der Waals surface area contributed by atoms with Crippen molar-refractivity contribution in [3.8, 4) is 0 Å². The Morgan fingerprint density at radius 2 is 1.96 bits per heavy atom. The smallest absolute Gasteiger partial charge is 0.269 e. The number of ketones is 1. The maximum absolute atomic E-state index is 11.8. The summed E-state index contributed by atoms with van der Waals surface area (Å²) in [5.41, 5.74) is 4.16. The third-order valence-corrected chi connectivity index (χ3v) is 5.29. The lowest BCUT2D eigenvalue weighted by atomic mass is 10.3. The second kappa shape index (κ2) is 7.41. The Morgan fingerprint density at radius 3 is 2.60 bits per heavy atom. The van der Waals surface area contributed by atoms with Crippen LogP contribution in [0, 0.1) is 10.1 Å². The number of thioether (sulfide) groups is 1. The number of carbonyl (C=O) groups excluding carboxylic acids is 1. The number of nitro groups is 1.